The first kappa shape index (κ1) is 19.2. The molecular weight excluding hydrogens is 396 g/mol. The lowest BCUT2D eigenvalue weighted by Crippen LogP contribution is -2.50. The van der Waals surface area contributed by atoms with Crippen molar-refractivity contribution in [2.75, 3.05) is 33.3 Å². The molecule has 1 aliphatic rings. The molecule has 1 saturated heterocycles. The van der Waals surface area contributed by atoms with E-state index in [0.717, 1.165) is 0 Å². The van der Waals surface area contributed by atoms with Crippen molar-refractivity contribution in [2.24, 2.45) is 0 Å². The van der Waals surface area contributed by atoms with Gasteiger partial charge in [-0.05, 0) is 36.4 Å². The van der Waals surface area contributed by atoms with Crippen LogP contribution in [-0.2, 0) is 10.0 Å². The topological polar surface area (TPSA) is 116 Å². The average molecular weight is 416 g/mol. The summed E-state index contributed by atoms with van der Waals surface area (Å²) >= 11 is 0. The Kier molecular flexibility index (Phi) is 4.89. The van der Waals surface area contributed by atoms with Gasteiger partial charge >= 0.3 is 5.69 Å². The van der Waals surface area contributed by atoms with Crippen molar-refractivity contribution in [3.05, 3.63) is 58.5 Å². The fraction of sp³-hybridized carbons (Fsp3) is 0.263. The number of nitrogens with one attached hydrogen (secondary N) is 2. The van der Waals surface area contributed by atoms with E-state index in [4.69, 9.17) is 4.74 Å². The van der Waals surface area contributed by atoms with Crippen molar-refractivity contribution in [2.45, 2.75) is 4.90 Å². The van der Waals surface area contributed by atoms with E-state index in [0.29, 0.717) is 35.4 Å². The van der Waals surface area contributed by atoms with Crippen molar-refractivity contribution in [3.63, 3.8) is 0 Å². The maximum atomic E-state index is 13.0. The van der Waals surface area contributed by atoms with E-state index < -0.39 is 10.0 Å². The molecule has 3 aromatic rings. The minimum absolute atomic E-state index is 0.104. The van der Waals surface area contributed by atoms with E-state index in [2.05, 4.69) is 9.97 Å². The summed E-state index contributed by atoms with van der Waals surface area (Å²) in [5.74, 6) is 0.433. The van der Waals surface area contributed by atoms with Crippen molar-refractivity contribution < 1.29 is 17.9 Å². The van der Waals surface area contributed by atoms with Crippen LogP contribution < -0.4 is 10.4 Å². The van der Waals surface area contributed by atoms with E-state index in [1.54, 1.807) is 35.2 Å². The number of benzene rings is 2. The van der Waals surface area contributed by atoms with Crippen LogP contribution >= 0.6 is 0 Å². The maximum absolute atomic E-state index is 13.0. The van der Waals surface area contributed by atoms with Gasteiger partial charge in [0.25, 0.3) is 5.91 Å². The van der Waals surface area contributed by atoms with Crippen LogP contribution in [0.1, 0.15) is 10.4 Å². The number of hydrogen-bond donors (Lipinski definition) is 2. The lowest BCUT2D eigenvalue weighted by atomic mass is 10.1. The Balaban J connectivity index is 1.49. The Morgan fingerprint density at radius 2 is 1.72 bits per heavy atom. The molecule has 2 heterocycles. The number of nitrogens with zero attached hydrogens (tertiary/aromatic N) is 2. The van der Waals surface area contributed by atoms with Gasteiger partial charge in [-0.1, -0.05) is 6.07 Å². The molecule has 2 N–H and O–H groups in total. The molecular formula is C19H20N4O5S. The minimum atomic E-state index is -3.73. The average Bonchev–Trinajstić information content (AvgIpc) is 3.12. The first-order valence-corrected chi connectivity index (χ1v) is 10.5. The number of carbonyl (C=O) groups is 1. The maximum Gasteiger partial charge on any atom is 0.323 e. The standard InChI is InChI=1S/C19H20N4O5S/c1-28-14-4-2-3-13(11-14)18(24)22-7-9-23(10-8-22)29(26,27)15-5-6-16-17(12-15)21-19(25)20-16/h2-6,11-12H,7-10H2,1H3,(H2,20,21,25). The number of methoxy groups -OCH3 is 1. The fourth-order valence-corrected chi connectivity index (χ4v) is 4.84. The highest BCUT2D eigenvalue weighted by molar-refractivity contribution is 7.89. The number of fused-ring (bicyclic) bond motifs is 1. The van der Waals surface area contributed by atoms with Crippen LogP contribution in [0.5, 0.6) is 5.75 Å². The van der Waals surface area contributed by atoms with E-state index in [1.165, 1.54) is 23.5 Å². The number of aromatic nitrogens is 2. The van der Waals surface area contributed by atoms with Crippen molar-refractivity contribution in [1.29, 1.82) is 0 Å². The van der Waals surface area contributed by atoms with Crippen LogP contribution in [0.3, 0.4) is 0 Å². The smallest absolute Gasteiger partial charge is 0.323 e. The third-order valence-electron chi connectivity index (χ3n) is 4.97. The van der Waals surface area contributed by atoms with Gasteiger partial charge in [-0.3, -0.25) is 4.79 Å². The van der Waals surface area contributed by atoms with Crippen LogP contribution in [0.15, 0.2) is 52.2 Å². The third kappa shape index (κ3) is 3.64. The summed E-state index contributed by atoms with van der Waals surface area (Å²) in [6.07, 6.45) is 0. The minimum Gasteiger partial charge on any atom is -0.497 e. The van der Waals surface area contributed by atoms with Gasteiger partial charge in [0.1, 0.15) is 5.75 Å². The number of carbonyl (C=O) groups excluding carboxylic acids is 1. The van der Waals surface area contributed by atoms with Crippen LogP contribution in [0.25, 0.3) is 11.0 Å². The van der Waals surface area contributed by atoms with E-state index >= 15 is 0 Å². The summed E-state index contributed by atoms with van der Waals surface area (Å²) < 4.78 is 32.5. The number of amides is 1. The lowest BCUT2D eigenvalue weighted by molar-refractivity contribution is 0.0697. The summed E-state index contributed by atoms with van der Waals surface area (Å²) in [5, 5.41) is 0. The van der Waals surface area contributed by atoms with Crippen LogP contribution in [0.2, 0.25) is 0 Å². The molecule has 29 heavy (non-hydrogen) atoms. The predicted molar refractivity (Wildman–Crippen MR) is 107 cm³/mol. The zero-order valence-corrected chi connectivity index (χ0v) is 16.5. The molecule has 0 saturated carbocycles. The van der Waals surface area contributed by atoms with Gasteiger partial charge in [0.2, 0.25) is 10.0 Å². The molecule has 2 aromatic carbocycles. The van der Waals surface area contributed by atoms with E-state index in [9.17, 15) is 18.0 Å². The van der Waals surface area contributed by atoms with E-state index in [-0.39, 0.29) is 29.6 Å². The molecule has 1 amide bonds. The Labute approximate surface area is 166 Å². The Bertz CT molecular complexity index is 1220. The second-order valence-corrected chi connectivity index (χ2v) is 8.65. The number of H-pyrrole nitrogens is 2. The number of aromatic amines is 2. The highest BCUT2D eigenvalue weighted by Gasteiger charge is 2.30. The number of hydrogen-bond acceptors (Lipinski definition) is 5. The first-order valence-electron chi connectivity index (χ1n) is 9.04. The second-order valence-electron chi connectivity index (χ2n) is 6.71. The number of piperazine rings is 1. The molecule has 152 valence electrons. The number of rotatable bonds is 4. The highest BCUT2D eigenvalue weighted by atomic mass is 32.2. The normalized spacial score (nSPS) is 15.6. The molecule has 0 unspecified atom stereocenters. The molecule has 0 radical (unpaired) electrons. The van der Waals surface area contributed by atoms with E-state index in [1.807, 2.05) is 0 Å². The Morgan fingerprint density at radius 1 is 1.00 bits per heavy atom. The molecule has 1 aliphatic heterocycles. The summed E-state index contributed by atoms with van der Waals surface area (Å²) in [5.41, 5.74) is 1.09. The van der Waals surface area contributed by atoms with Gasteiger partial charge in [-0.2, -0.15) is 4.31 Å². The Hall–Kier alpha value is -3.11. The van der Waals surface area contributed by atoms with Crippen LogP contribution in [0, 0.1) is 0 Å². The predicted octanol–water partition coefficient (Wildman–Crippen LogP) is 1.01. The first-order chi connectivity index (χ1) is 13.9. The van der Waals surface area contributed by atoms with Gasteiger partial charge in [-0.25, -0.2) is 13.2 Å². The second kappa shape index (κ2) is 7.37. The van der Waals surface area contributed by atoms with Gasteiger partial charge in [0.05, 0.1) is 23.0 Å². The Morgan fingerprint density at radius 3 is 2.45 bits per heavy atom. The summed E-state index contributed by atoms with van der Waals surface area (Å²) in [7, 11) is -2.19. The number of sulfonamides is 1. The molecule has 9 nitrogen and oxygen atoms in total. The number of imidazole rings is 1. The van der Waals surface area contributed by atoms with Crippen molar-refractivity contribution in [3.8, 4) is 5.75 Å². The molecule has 4 rings (SSSR count). The van der Waals surface area contributed by atoms with Crippen molar-refractivity contribution in [1.82, 2.24) is 19.2 Å². The molecule has 0 aliphatic carbocycles. The zero-order valence-electron chi connectivity index (χ0n) is 15.7. The summed E-state index contributed by atoms with van der Waals surface area (Å²) in [6, 6.07) is 11.3. The molecule has 1 aromatic heterocycles. The summed E-state index contributed by atoms with van der Waals surface area (Å²) in [6.45, 7) is 0.969. The molecule has 0 spiro atoms. The third-order valence-corrected chi connectivity index (χ3v) is 6.86. The highest BCUT2D eigenvalue weighted by Crippen LogP contribution is 2.22. The van der Waals surface area contributed by atoms with Crippen LogP contribution in [-0.4, -0.2) is 66.8 Å². The lowest BCUT2D eigenvalue weighted by Gasteiger charge is -2.34. The van der Waals surface area contributed by atoms with Crippen molar-refractivity contribution >= 4 is 27.0 Å². The van der Waals surface area contributed by atoms with Gasteiger partial charge < -0.3 is 19.6 Å². The fourth-order valence-electron chi connectivity index (χ4n) is 3.39. The molecule has 1 fully saturated rings. The zero-order chi connectivity index (χ0) is 20.6. The molecule has 10 heteroatoms. The number of ether oxygens (including phenoxy) is 1. The van der Waals surface area contributed by atoms with Crippen LogP contribution in [0.4, 0.5) is 0 Å². The van der Waals surface area contributed by atoms with Gasteiger partial charge in [0, 0.05) is 31.7 Å². The monoisotopic (exact) mass is 416 g/mol. The SMILES string of the molecule is COc1cccc(C(=O)N2CCN(S(=O)(=O)c3ccc4[nH]c(=O)[nH]c4c3)CC2)c1. The molecule has 0 bridgehead atoms. The quantitative estimate of drug-likeness (QED) is 0.659. The summed E-state index contributed by atoms with van der Waals surface area (Å²) in [4.78, 5) is 31.0. The largest absolute Gasteiger partial charge is 0.497 e. The van der Waals surface area contributed by atoms with Gasteiger partial charge in [-0.15, -0.1) is 0 Å². The molecule has 0 atom stereocenters. The van der Waals surface area contributed by atoms with Gasteiger partial charge in [0.15, 0.2) is 0 Å².